The molecule has 0 saturated heterocycles. The van der Waals surface area contributed by atoms with Crippen molar-refractivity contribution in [2.24, 2.45) is 0 Å². The molecule has 1 heterocycles. The smallest absolute Gasteiger partial charge is 0.274 e. The van der Waals surface area contributed by atoms with Crippen LogP contribution in [0, 0.1) is 0 Å². The molecular weight excluding hydrogens is 323 g/mol. The topological polar surface area (TPSA) is 66.9 Å². The summed E-state index contributed by atoms with van der Waals surface area (Å²) in [7, 11) is 0. The van der Waals surface area contributed by atoms with Gasteiger partial charge in [-0.1, -0.05) is 30.1 Å². The first-order valence-corrected chi connectivity index (χ1v) is 7.61. The molecule has 2 rings (SSSR count). The van der Waals surface area contributed by atoms with E-state index in [2.05, 4.69) is 27.5 Å². The number of carbonyl (C=O) groups excluding carboxylic acids is 1. The van der Waals surface area contributed by atoms with E-state index in [1.807, 2.05) is 6.92 Å². The van der Waals surface area contributed by atoms with Gasteiger partial charge in [0, 0.05) is 17.3 Å². The third-order valence-electron chi connectivity index (χ3n) is 3.05. The van der Waals surface area contributed by atoms with Gasteiger partial charge in [0.1, 0.15) is 5.69 Å². The largest absolute Gasteiger partial charge is 0.352 e. The molecule has 1 amide bonds. The second-order valence-corrected chi connectivity index (χ2v) is 5.64. The third kappa shape index (κ3) is 4.32. The molecule has 1 unspecified atom stereocenters. The lowest BCUT2D eigenvalue weighted by atomic mass is 10.3. The van der Waals surface area contributed by atoms with Crippen LogP contribution in [0.5, 0.6) is 0 Å². The predicted molar refractivity (Wildman–Crippen MR) is 89.8 cm³/mol. The molecule has 0 radical (unpaired) electrons. The number of amides is 1. The summed E-state index contributed by atoms with van der Waals surface area (Å²) in [5, 5.41) is 6.70. The Morgan fingerprint density at radius 3 is 2.82 bits per heavy atom. The second-order valence-electron chi connectivity index (χ2n) is 4.80. The maximum absolute atomic E-state index is 12.3. The molecule has 1 aromatic heterocycles. The predicted octanol–water partition coefficient (Wildman–Crippen LogP) is 4.25. The van der Waals surface area contributed by atoms with Gasteiger partial charge < -0.3 is 10.6 Å². The van der Waals surface area contributed by atoms with E-state index in [1.165, 1.54) is 12.3 Å². The van der Waals surface area contributed by atoms with Crippen molar-refractivity contribution in [1.82, 2.24) is 9.97 Å². The van der Waals surface area contributed by atoms with Crippen LogP contribution in [0.4, 0.5) is 11.6 Å². The zero-order valence-electron chi connectivity index (χ0n) is 12.2. The highest BCUT2D eigenvalue weighted by molar-refractivity contribution is 6.35. The zero-order chi connectivity index (χ0) is 16.1. The molecule has 0 spiro atoms. The summed E-state index contributed by atoms with van der Waals surface area (Å²) in [6.45, 7) is 4.07. The number of rotatable bonds is 5. The molecule has 0 aliphatic heterocycles. The van der Waals surface area contributed by atoms with E-state index in [4.69, 9.17) is 23.2 Å². The number of halogens is 2. The molecule has 0 saturated carbocycles. The molecule has 0 fully saturated rings. The van der Waals surface area contributed by atoms with Gasteiger partial charge >= 0.3 is 0 Å². The Hall–Kier alpha value is -1.85. The minimum absolute atomic E-state index is 0.223. The molecule has 0 aliphatic rings. The third-order valence-corrected chi connectivity index (χ3v) is 3.62. The Bertz CT molecular complexity index is 678. The Kier molecular flexibility index (Phi) is 5.57. The van der Waals surface area contributed by atoms with Gasteiger partial charge in [0.2, 0.25) is 5.95 Å². The number of hydrogen-bond acceptors (Lipinski definition) is 4. The van der Waals surface area contributed by atoms with Crippen LogP contribution in [-0.4, -0.2) is 21.9 Å². The Morgan fingerprint density at radius 1 is 1.32 bits per heavy atom. The van der Waals surface area contributed by atoms with E-state index >= 15 is 0 Å². The van der Waals surface area contributed by atoms with Crippen LogP contribution < -0.4 is 10.6 Å². The first-order chi connectivity index (χ1) is 10.5. The standard InChI is InChI=1S/C15H16Cl2N4O/c1-3-9(2)19-15-18-7-6-12(21-15)14(22)20-13-8-10(16)4-5-11(13)17/h4-9H,3H2,1-2H3,(H,20,22)(H,18,19,21). The van der Waals surface area contributed by atoms with Gasteiger partial charge in [-0.2, -0.15) is 0 Å². The van der Waals surface area contributed by atoms with E-state index in [9.17, 15) is 4.79 Å². The van der Waals surface area contributed by atoms with Crippen molar-refractivity contribution < 1.29 is 4.79 Å². The second kappa shape index (κ2) is 7.42. The summed E-state index contributed by atoms with van der Waals surface area (Å²) in [5.74, 6) is 0.0398. The van der Waals surface area contributed by atoms with Crippen LogP contribution in [0.2, 0.25) is 10.0 Å². The van der Waals surface area contributed by atoms with Crippen molar-refractivity contribution >= 4 is 40.7 Å². The fraction of sp³-hybridized carbons (Fsp3) is 0.267. The molecule has 5 nitrogen and oxygen atoms in total. The SMILES string of the molecule is CCC(C)Nc1nccc(C(=O)Nc2cc(Cl)ccc2Cl)n1. The fourth-order valence-electron chi connectivity index (χ4n) is 1.66. The average molecular weight is 339 g/mol. The van der Waals surface area contributed by atoms with Crippen LogP contribution in [0.1, 0.15) is 30.8 Å². The quantitative estimate of drug-likeness (QED) is 0.855. The van der Waals surface area contributed by atoms with Gasteiger partial charge in [-0.3, -0.25) is 4.79 Å². The van der Waals surface area contributed by atoms with E-state index < -0.39 is 0 Å². The molecule has 1 atom stereocenters. The van der Waals surface area contributed by atoms with Crippen LogP contribution in [0.15, 0.2) is 30.5 Å². The summed E-state index contributed by atoms with van der Waals surface area (Å²) in [6, 6.07) is 6.62. The van der Waals surface area contributed by atoms with E-state index in [0.717, 1.165) is 6.42 Å². The van der Waals surface area contributed by atoms with Gasteiger partial charge in [-0.25, -0.2) is 9.97 Å². The number of hydrogen-bond donors (Lipinski definition) is 2. The monoisotopic (exact) mass is 338 g/mol. The van der Waals surface area contributed by atoms with Gasteiger partial charge in [0.15, 0.2) is 0 Å². The molecule has 7 heteroatoms. The number of nitrogens with zero attached hydrogens (tertiary/aromatic N) is 2. The molecule has 2 N–H and O–H groups in total. The molecular formula is C15H16Cl2N4O. The first-order valence-electron chi connectivity index (χ1n) is 6.85. The van der Waals surface area contributed by atoms with Gasteiger partial charge in [-0.15, -0.1) is 0 Å². The van der Waals surface area contributed by atoms with Crippen LogP contribution in [-0.2, 0) is 0 Å². The van der Waals surface area contributed by atoms with Crippen LogP contribution in [0.3, 0.4) is 0 Å². The Balaban J connectivity index is 2.15. The molecule has 116 valence electrons. The highest BCUT2D eigenvalue weighted by Crippen LogP contribution is 2.25. The highest BCUT2D eigenvalue weighted by Gasteiger charge is 2.12. The summed E-state index contributed by atoms with van der Waals surface area (Å²) in [5.41, 5.74) is 0.686. The fourth-order valence-corrected chi connectivity index (χ4v) is 1.99. The number of carbonyl (C=O) groups is 1. The number of anilines is 2. The molecule has 2 aromatic rings. The maximum Gasteiger partial charge on any atom is 0.274 e. The average Bonchev–Trinajstić information content (AvgIpc) is 2.51. The maximum atomic E-state index is 12.3. The van der Waals surface area contributed by atoms with Crippen molar-refractivity contribution in [3.05, 3.63) is 46.2 Å². The van der Waals surface area contributed by atoms with Crippen molar-refractivity contribution in [3.8, 4) is 0 Å². The van der Waals surface area contributed by atoms with Crippen LogP contribution in [0.25, 0.3) is 0 Å². The summed E-state index contributed by atoms with van der Waals surface area (Å²) >= 11 is 11.9. The summed E-state index contributed by atoms with van der Waals surface area (Å²) < 4.78 is 0. The van der Waals surface area contributed by atoms with E-state index in [1.54, 1.807) is 18.2 Å². The lowest BCUT2D eigenvalue weighted by Gasteiger charge is -2.12. The van der Waals surface area contributed by atoms with Crippen molar-refractivity contribution in [2.45, 2.75) is 26.3 Å². The Labute approximate surface area is 139 Å². The Morgan fingerprint density at radius 2 is 2.09 bits per heavy atom. The molecule has 22 heavy (non-hydrogen) atoms. The van der Waals surface area contributed by atoms with E-state index in [0.29, 0.717) is 21.7 Å². The normalized spacial score (nSPS) is 11.8. The minimum atomic E-state index is -0.376. The lowest BCUT2D eigenvalue weighted by molar-refractivity contribution is 0.102. The number of nitrogens with one attached hydrogen (secondary N) is 2. The zero-order valence-corrected chi connectivity index (χ0v) is 13.7. The minimum Gasteiger partial charge on any atom is -0.352 e. The summed E-state index contributed by atoms with van der Waals surface area (Å²) in [6.07, 6.45) is 2.46. The number of benzene rings is 1. The van der Waals surface area contributed by atoms with Gasteiger partial charge in [0.25, 0.3) is 5.91 Å². The summed E-state index contributed by atoms with van der Waals surface area (Å²) in [4.78, 5) is 20.6. The van der Waals surface area contributed by atoms with Gasteiger partial charge in [-0.05, 0) is 37.6 Å². The number of aromatic nitrogens is 2. The van der Waals surface area contributed by atoms with Crippen molar-refractivity contribution in [3.63, 3.8) is 0 Å². The molecule has 0 bridgehead atoms. The van der Waals surface area contributed by atoms with Crippen molar-refractivity contribution in [2.75, 3.05) is 10.6 Å². The van der Waals surface area contributed by atoms with Gasteiger partial charge in [0.05, 0.1) is 10.7 Å². The van der Waals surface area contributed by atoms with Crippen molar-refractivity contribution in [1.29, 1.82) is 0 Å². The molecule has 1 aromatic carbocycles. The lowest BCUT2D eigenvalue weighted by Crippen LogP contribution is -2.19. The van der Waals surface area contributed by atoms with E-state index in [-0.39, 0.29) is 17.6 Å². The first kappa shape index (κ1) is 16.5. The van der Waals surface area contributed by atoms with Crippen LogP contribution >= 0.6 is 23.2 Å². The highest BCUT2D eigenvalue weighted by atomic mass is 35.5. The molecule has 0 aliphatic carbocycles.